The summed E-state index contributed by atoms with van der Waals surface area (Å²) in [7, 11) is 0. The first kappa shape index (κ1) is 8.31. The van der Waals surface area contributed by atoms with E-state index in [4.69, 9.17) is 4.74 Å². The Kier molecular flexibility index (Phi) is 2.32. The van der Waals surface area contributed by atoms with E-state index < -0.39 is 0 Å². The second kappa shape index (κ2) is 3.07. The molecule has 0 aliphatic heterocycles. The third kappa shape index (κ3) is 1.82. The third-order valence-electron chi connectivity index (χ3n) is 1.96. The van der Waals surface area contributed by atoms with Crippen LogP contribution in [0.4, 0.5) is 0 Å². The summed E-state index contributed by atoms with van der Waals surface area (Å²) in [5, 5.41) is 0. The highest BCUT2D eigenvalue weighted by Crippen LogP contribution is 2.42. The highest BCUT2D eigenvalue weighted by molar-refractivity contribution is 5.63. The van der Waals surface area contributed by atoms with Crippen molar-refractivity contribution in [3.8, 4) is 0 Å². The molecule has 0 saturated heterocycles. The van der Waals surface area contributed by atoms with Gasteiger partial charge in [0.25, 0.3) is 0 Å². The predicted molar refractivity (Wildman–Crippen MR) is 43.1 cm³/mol. The van der Waals surface area contributed by atoms with Crippen LogP contribution in [0, 0.1) is 5.41 Å². The lowest BCUT2D eigenvalue weighted by Crippen LogP contribution is -2.29. The van der Waals surface area contributed by atoms with E-state index in [1.54, 1.807) is 6.26 Å². The van der Waals surface area contributed by atoms with Crippen LogP contribution in [0.1, 0.15) is 26.7 Å². The van der Waals surface area contributed by atoms with E-state index in [1.165, 1.54) is 5.57 Å². The Hall–Kier alpha value is -0.790. The summed E-state index contributed by atoms with van der Waals surface area (Å²) < 4.78 is 5.10. The average molecular weight is 154 g/mol. The molecule has 0 aromatic heterocycles. The number of carbonyl (C=O) groups is 1. The number of rotatable bonds is 3. The molecule has 2 heteroatoms. The minimum absolute atomic E-state index is 0.0943. The van der Waals surface area contributed by atoms with Crippen molar-refractivity contribution in [3.05, 3.63) is 11.8 Å². The molecule has 0 aromatic rings. The minimum Gasteiger partial charge on any atom is -0.502 e. The van der Waals surface area contributed by atoms with E-state index in [0.29, 0.717) is 6.61 Å². The fraction of sp³-hybridized carbons (Fsp3) is 0.667. The molecule has 0 bridgehead atoms. The van der Waals surface area contributed by atoms with Gasteiger partial charge in [-0.3, -0.25) is 0 Å². The summed E-state index contributed by atoms with van der Waals surface area (Å²) in [5.74, 6) is 0. The molecule has 62 valence electrons. The molecule has 0 radical (unpaired) electrons. The van der Waals surface area contributed by atoms with Gasteiger partial charge in [0.2, 0.25) is 0 Å². The maximum atomic E-state index is 10.5. The summed E-state index contributed by atoms with van der Waals surface area (Å²) >= 11 is 0. The van der Waals surface area contributed by atoms with Crippen molar-refractivity contribution in [3.63, 3.8) is 0 Å². The molecule has 2 nitrogen and oxygen atoms in total. The summed E-state index contributed by atoms with van der Waals surface area (Å²) in [5.41, 5.74) is 1.16. The molecule has 0 heterocycles. The van der Waals surface area contributed by atoms with Gasteiger partial charge in [-0.15, -0.1) is 0 Å². The van der Waals surface area contributed by atoms with Crippen LogP contribution in [0.5, 0.6) is 0 Å². The summed E-state index contributed by atoms with van der Waals surface area (Å²) in [6.07, 6.45) is 4.56. The lowest BCUT2D eigenvalue weighted by Gasteiger charge is -2.35. The van der Waals surface area contributed by atoms with E-state index in [0.717, 1.165) is 19.1 Å². The Balaban J connectivity index is 2.33. The van der Waals surface area contributed by atoms with Crippen LogP contribution < -0.4 is 0 Å². The van der Waals surface area contributed by atoms with Crippen molar-refractivity contribution in [1.29, 1.82) is 0 Å². The van der Waals surface area contributed by atoms with Crippen LogP contribution in [0.15, 0.2) is 11.8 Å². The maximum absolute atomic E-state index is 10.5. The van der Waals surface area contributed by atoms with Gasteiger partial charge in [-0.25, -0.2) is 0 Å². The Morgan fingerprint density at radius 3 is 2.73 bits per heavy atom. The predicted octanol–water partition coefficient (Wildman–Crippen LogP) is 1.91. The van der Waals surface area contributed by atoms with Gasteiger partial charge in [-0.05, 0) is 25.3 Å². The molecule has 1 aliphatic carbocycles. The fourth-order valence-corrected chi connectivity index (χ4v) is 1.35. The first-order valence-electron chi connectivity index (χ1n) is 3.96. The Bertz CT molecular complexity index is 174. The first-order chi connectivity index (χ1) is 5.20. The molecule has 0 unspecified atom stereocenters. The van der Waals surface area contributed by atoms with Gasteiger partial charge < -0.3 is 9.53 Å². The number of carbonyl (C=O) groups excluding carboxylic acids is 1. The minimum atomic E-state index is -0.0943. The highest BCUT2D eigenvalue weighted by atomic mass is 16.5. The van der Waals surface area contributed by atoms with E-state index in [-0.39, 0.29) is 5.41 Å². The molecule has 11 heavy (non-hydrogen) atoms. The van der Waals surface area contributed by atoms with Crippen LogP contribution >= 0.6 is 0 Å². The van der Waals surface area contributed by atoms with Gasteiger partial charge in [0.1, 0.15) is 6.29 Å². The zero-order valence-corrected chi connectivity index (χ0v) is 7.09. The topological polar surface area (TPSA) is 26.3 Å². The largest absolute Gasteiger partial charge is 0.502 e. The van der Waals surface area contributed by atoms with Crippen molar-refractivity contribution in [1.82, 2.24) is 0 Å². The van der Waals surface area contributed by atoms with Crippen molar-refractivity contribution >= 4 is 6.29 Å². The molecule has 0 atom stereocenters. The van der Waals surface area contributed by atoms with Gasteiger partial charge in [-0.2, -0.15) is 0 Å². The zero-order chi connectivity index (χ0) is 8.32. The van der Waals surface area contributed by atoms with Gasteiger partial charge in [0.15, 0.2) is 0 Å². The maximum Gasteiger partial charge on any atom is 0.126 e. The molecular formula is C9H14O2. The van der Waals surface area contributed by atoms with Crippen molar-refractivity contribution in [2.75, 3.05) is 6.61 Å². The smallest absolute Gasteiger partial charge is 0.126 e. The molecule has 1 aliphatic rings. The fourth-order valence-electron chi connectivity index (χ4n) is 1.35. The molecule has 1 saturated carbocycles. The Morgan fingerprint density at radius 1 is 1.64 bits per heavy atom. The second-order valence-electron chi connectivity index (χ2n) is 3.36. The number of aldehydes is 1. The number of allylic oxidation sites excluding steroid dienone is 1. The monoisotopic (exact) mass is 154 g/mol. The molecule has 0 aromatic carbocycles. The molecule has 1 rings (SSSR count). The lowest BCUT2D eigenvalue weighted by molar-refractivity contribution is -0.117. The zero-order valence-electron chi connectivity index (χ0n) is 7.09. The number of hydrogen-bond donors (Lipinski definition) is 0. The van der Waals surface area contributed by atoms with Crippen molar-refractivity contribution in [2.24, 2.45) is 5.41 Å². The first-order valence-corrected chi connectivity index (χ1v) is 3.96. The summed E-state index contributed by atoms with van der Waals surface area (Å²) in [4.78, 5) is 10.5. The molecule has 0 N–H and O–H groups in total. The molecule has 0 amide bonds. The summed E-state index contributed by atoms with van der Waals surface area (Å²) in [6.45, 7) is 4.64. The van der Waals surface area contributed by atoms with Crippen molar-refractivity contribution < 1.29 is 9.53 Å². The SMILES string of the molecule is CCOC=C1CC(C)(C=O)C1. The lowest BCUT2D eigenvalue weighted by atomic mass is 9.68. The van der Waals surface area contributed by atoms with Gasteiger partial charge in [0, 0.05) is 5.41 Å². The van der Waals surface area contributed by atoms with E-state index in [1.807, 2.05) is 13.8 Å². The molecule has 1 fully saturated rings. The summed E-state index contributed by atoms with van der Waals surface area (Å²) in [6, 6.07) is 0. The average Bonchev–Trinajstić information content (AvgIpc) is 1.96. The van der Waals surface area contributed by atoms with Gasteiger partial charge >= 0.3 is 0 Å². The van der Waals surface area contributed by atoms with Crippen LogP contribution in [0.3, 0.4) is 0 Å². The quantitative estimate of drug-likeness (QED) is 0.458. The standard InChI is InChI=1S/C9H14O2/c1-3-11-6-8-4-9(2,5-8)7-10/h6-7H,3-5H2,1-2H3. The van der Waals surface area contributed by atoms with Gasteiger partial charge in [0.05, 0.1) is 12.9 Å². The van der Waals surface area contributed by atoms with Crippen LogP contribution in [-0.4, -0.2) is 12.9 Å². The van der Waals surface area contributed by atoms with Crippen molar-refractivity contribution in [2.45, 2.75) is 26.7 Å². The Labute approximate surface area is 67.2 Å². The van der Waals surface area contributed by atoms with Gasteiger partial charge in [-0.1, -0.05) is 6.92 Å². The third-order valence-corrected chi connectivity index (χ3v) is 1.96. The van der Waals surface area contributed by atoms with E-state index >= 15 is 0 Å². The number of hydrogen-bond acceptors (Lipinski definition) is 2. The van der Waals surface area contributed by atoms with E-state index in [2.05, 4.69) is 0 Å². The van der Waals surface area contributed by atoms with E-state index in [9.17, 15) is 4.79 Å². The highest BCUT2D eigenvalue weighted by Gasteiger charge is 2.35. The Morgan fingerprint density at radius 2 is 2.27 bits per heavy atom. The number of ether oxygens (including phenoxy) is 1. The molecule has 0 spiro atoms. The second-order valence-corrected chi connectivity index (χ2v) is 3.36. The molecular weight excluding hydrogens is 140 g/mol. The normalized spacial score (nSPS) is 29.1. The van der Waals surface area contributed by atoms with Crippen LogP contribution in [0.2, 0.25) is 0 Å². The van der Waals surface area contributed by atoms with Crippen LogP contribution in [-0.2, 0) is 9.53 Å². The van der Waals surface area contributed by atoms with Crippen LogP contribution in [0.25, 0.3) is 0 Å².